The zero-order valence-corrected chi connectivity index (χ0v) is 16.5. The first kappa shape index (κ1) is 19.4. The van der Waals surface area contributed by atoms with Gasteiger partial charge in [0.1, 0.15) is 5.75 Å². The van der Waals surface area contributed by atoms with Crippen molar-refractivity contribution in [2.24, 2.45) is 0 Å². The maximum atomic E-state index is 12.3. The fourth-order valence-corrected chi connectivity index (χ4v) is 2.91. The van der Waals surface area contributed by atoms with Crippen LogP contribution in [0.25, 0.3) is 0 Å². The molecule has 1 heterocycles. The van der Waals surface area contributed by atoms with E-state index in [4.69, 9.17) is 14.2 Å². The van der Waals surface area contributed by atoms with Crippen LogP contribution in [0.4, 0.5) is 5.69 Å². The molecule has 0 aromatic heterocycles. The number of benzene rings is 2. The van der Waals surface area contributed by atoms with Crippen LogP contribution in [-0.4, -0.2) is 24.2 Å². The van der Waals surface area contributed by atoms with E-state index in [-0.39, 0.29) is 5.91 Å². The van der Waals surface area contributed by atoms with Gasteiger partial charge in [0.2, 0.25) is 5.91 Å². The van der Waals surface area contributed by atoms with Crippen LogP contribution >= 0.6 is 0 Å². The molecule has 1 saturated heterocycles. The molecule has 1 aliphatic heterocycles. The highest BCUT2D eigenvalue weighted by molar-refractivity contribution is 5.93. The fourth-order valence-electron chi connectivity index (χ4n) is 2.91. The largest absolute Gasteiger partial charge is 0.495 e. The molecule has 2 aromatic carbocycles. The Morgan fingerprint density at radius 2 is 1.67 bits per heavy atom. The van der Waals surface area contributed by atoms with Gasteiger partial charge in [-0.2, -0.15) is 0 Å². The van der Waals surface area contributed by atoms with Gasteiger partial charge in [0, 0.05) is 5.56 Å². The summed E-state index contributed by atoms with van der Waals surface area (Å²) in [6.07, 6.45) is -0.166. The number of hydrogen-bond acceptors (Lipinski definition) is 4. The monoisotopic (exact) mass is 369 g/mol. The third kappa shape index (κ3) is 4.15. The topological polar surface area (TPSA) is 56.8 Å². The van der Waals surface area contributed by atoms with E-state index in [2.05, 4.69) is 5.32 Å². The summed E-state index contributed by atoms with van der Waals surface area (Å²) in [5.74, 6) is 0.478. The molecule has 27 heavy (non-hydrogen) atoms. The van der Waals surface area contributed by atoms with E-state index in [9.17, 15) is 4.79 Å². The maximum Gasteiger partial charge on any atom is 0.228 e. The van der Waals surface area contributed by atoms with Crippen molar-refractivity contribution >= 4 is 11.6 Å². The molecule has 1 amide bonds. The van der Waals surface area contributed by atoms with Crippen molar-refractivity contribution < 1.29 is 19.0 Å². The number of ether oxygens (including phenoxy) is 3. The zero-order chi connectivity index (χ0) is 19.7. The van der Waals surface area contributed by atoms with Crippen LogP contribution in [0.15, 0.2) is 48.5 Å². The molecular formula is C22H27NO4. The second-order valence-corrected chi connectivity index (χ2v) is 7.76. The average Bonchev–Trinajstić information content (AvgIpc) is 2.83. The van der Waals surface area contributed by atoms with Crippen molar-refractivity contribution in [2.45, 2.75) is 51.6 Å². The summed E-state index contributed by atoms with van der Waals surface area (Å²) in [4.78, 5) is 12.3. The maximum absolute atomic E-state index is 12.3. The molecule has 0 radical (unpaired) electrons. The van der Waals surface area contributed by atoms with Crippen molar-refractivity contribution in [3.05, 3.63) is 59.7 Å². The molecule has 0 spiro atoms. The van der Waals surface area contributed by atoms with E-state index in [0.717, 1.165) is 11.1 Å². The molecule has 0 bridgehead atoms. The van der Waals surface area contributed by atoms with Crippen molar-refractivity contribution in [2.75, 3.05) is 12.4 Å². The van der Waals surface area contributed by atoms with Crippen LogP contribution < -0.4 is 10.1 Å². The standard InChI is InChI=1S/C22H27NO4/c1-21(2)22(3,4)27-20(26-21)16-11-12-17(18(14-16)25-5)23-19(24)13-15-9-7-6-8-10-15/h6-12,14,20H,13H2,1-5H3,(H,23,24). The lowest BCUT2D eigenvalue weighted by Gasteiger charge is -2.30. The van der Waals surface area contributed by atoms with Crippen molar-refractivity contribution in [1.82, 2.24) is 0 Å². The van der Waals surface area contributed by atoms with Crippen LogP contribution in [0.5, 0.6) is 5.75 Å². The molecule has 1 N–H and O–H groups in total. The van der Waals surface area contributed by atoms with E-state index in [1.54, 1.807) is 7.11 Å². The second kappa shape index (κ2) is 7.33. The van der Waals surface area contributed by atoms with Crippen LogP contribution in [0, 0.1) is 0 Å². The molecule has 0 aliphatic carbocycles. The molecule has 0 atom stereocenters. The third-order valence-electron chi connectivity index (χ3n) is 5.23. The average molecular weight is 369 g/mol. The van der Waals surface area contributed by atoms with Gasteiger partial charge in [0.15, 0.2) is 6.29 Å². The SMILES string of the molecule is COc1cc(C2OC(C)(C)C(C)(C)O2)ccc1NC(=O)Cc1ccccc1. The summed E-state index contributed by atoms with van der Waals surface area (Å²) < 4.78 is 17.6. The van der Waals surface area contributed by atoms with Crippen molar-refractivity contribution in [3.8, 4) is 5.75 Å². The highest BCUT2D eigenvalue weighted by Crippen LogP contribution is 2.45. The van der Waals surface area contributed by atoms with Gasteiger partial charge in [0.05, 0.1) is 30.4 Å². The summed E-state index contributed by atoms with van der Waals surface area (Å²) >= 11 is 0. The number of carbonyl (C=O) groups excluding carboxylic acids is 1. The van der Waals surface area contributed by atoms with E-state index in [1.165, 1.54) is 0 Å². The molecule has 0 unspecified atom stereocenters. The van der Waals surface area contributed by atoms with E-state index in [0.29, 0.717) is 17.9 Å². The Balaban J connectivity index is 1.74. The molecule has 3 rings (SSSR count). The van der Waals surface area contributed by atoms with Crippen molar-refractivity contribution in [1.29, 1.82) is 0 Å². The summed E-state index contributed by atoms with van der Waals surface area (Å²) in [5, 5.41) is 2.91. The Kier molecular flexibility index (Phi) is 5.27. The molecule has 0 saturated carbocycles. The van der Waals surface area contributed by atoms with Crippen LogP contribution in [0.1, 0.15) is 45.1 Å². The minimum absolute atomic E-state index is 0.0946. The van der Waals surface area contributed by atoms with E-state index in [1.807, 2.05) is 76.2 Å². The van der Waals surface area contributed by atoms with Gasteiger partial charge in [-0.05, 0) is 45.4 Å². The number of hydrogen-bond donors (Lipinski definition) is 1. The highest BCUT2D eigenvalue weighted by Gasteiger charge is 2.49. The quantitative estimate of drug-likeness (QED) is 0.844. The van der Waals surface area contributed by atoms with Gasteiger partial charge in [-0.25, -0.2) is 0 Å². The van der Waals surface area contributed by atoms with Gasteiger partial charge in [-0.15, -0.1) is 0 Å². The van der Waals surface area contributed by atoms with E-state index < -0.39 is 17.5 Å². The first-order valence-corrected chi connectivity index (χ1v) is 9.09. The van der Waals surface area contributed by atoms with Gasteiger partial charge in [-0.1, -0.05) is 36.4 Å². The van der Waals surface area contributed by atoms with Crippen LogP contribution in [0.3, 0.4) is 0 Å². The Labute approximate surface area is 160 Å². The molecular weight excluding hydrogens is 342 g/mol. The number of carbonyl (C=O) groups is 1. The number of nitrogens with one attached hydrogen (secondary N) is 1. The fraction of sp³-hybridized carbons (Fsp3) is 0.409. The summed E-state index contributed by atoms with van der Waals surface area (Å²) in [5.41, 5.74) is 1.62. The number of amides is 1. The third-order valence-corrected chi connectivity index (χ3v) is 5.23. The predicted octanol–water partition coefficient (Wildman–Crippen LogP) is 4.48. The Bertz CT molecular complexity index is 798. The number of anilines is 1. The van der Waals surface area contributed by atoms with Gasteiger partial charge in [0.25, 0.3) is 0 Å². The molecule has 2 aromatic rings. The minimum Gasteiger partial charge on any atom is -0.495 e. The van der Waals surface area contributed by atoms with Crippen molar-refractivity contribution in [3.63, 3.8) is 0 Å². The minimum atomic E-state index is -0.474. The molecule has 144 valence electrons. The summed E-state index contributed by atoms with van der Waals surface area (Å²) in [6, 6.07) is 15.2. The predicted molar refractivity (Wildman–Crippen MR) is 105 cm³/mol. The number of rotatable bonds is 5. The van der Waals surface area contributed by atoms with Gasteiger partial charge < -0.3 is 19.5 Å². The normalized spacial score (nSPS) is 18.3. The van der Waals surface area contributed by atoms with Crippen LogP contribution in [0.2, 0.25) is 0 Å². The smallest absolute Gasteiger partial charge is 0.228 e. The second-order valence-electron chi connectivity index (χ2n) is 7.76. The lowest BCUT2D eigenvalue weighted by atomic mass is 9.90. The van der Waals surface area contributed by atoms with E-state index >= 15 is 0 Å². The Morgan fingerprint density at radius 1 is 1.04 bits per heavy atom. The highest BCUT2D eigenvalue weighted by atomic mass is 16.7. The molecule has 5 heteroatoms. The lowest BCUT2D eigenvalue weighted by Crippen LogP contribution is -2.41. The molecule has 1 aliphatic rings. The van der Waals surface area contributed by atoms with Gasteiger partial charge in [-0.3, -0.25) is 4.79 Å². The lowest BCUT2D eigenvalue weighted by molar-refractivity contribution is -0.115. The Hall–Kier alpha value is -2.37. The molecule has 1 fully saturated rings. The first-order valence-electron chi connectivity index (χ1n) is 9.09. The molecule has 5 nitrogen and oxygen atoms in total. The number of methoxy groups -OCH3 is 1. The first-order chi connectivity index (χ1) is 12.7. The Morgan fingerprint density at radius 3 is 2.26 bits per heavy atom. The van der Waals surface area contributed by atoms with Crippen LogP contribution in [-0.2, 0) is 20.7 Å². The zero-order valence-electron chi connectivity index (χ0n) is 16.5. The summed E-state index contributed by atoms with van der Waals surface area (Å²) in [7, 11) is 1.58. The summed E-state index contributed by atoms with van der Waals surface area (Å²) in [6.45, 7) is 8.07. The van der Waals surface area contributed by atoms with Gasteiger partial charge >= 0.3 is 0 Å².